The van der Waals surface area contributed by atoms with Crippen LogP contribution in [-0.2, 0) is 24.9 Å². The fraction of sp³-hybridized carbons (Fsp3) is 0.364. The van der Waals surface area contributed by atoms with Crippen LogP contribution in [0.2, 0.25) is 10.0 Å². The molecule has 8 heteroatoms. The average molecular weight is 595 g/mol. The van der Waals surface area contributed by atoms with E-state index in [-0.39, 0.29) is 30.6 Å². The molecule has 0 bridgehead atoms. The molecule has 216 valence electrons. The molecule has 3 aromatic carbocycles. The van der Waals surface area contributed by atoms with Crippen LogP contribution in [0.25, 0.3) is 22.0 Å². The smallest absolute Gasteiger partial charge is 0.271 e. The van der Waals surface area contributed by atoms with Crippen LogP contribution in [0.4, 0.5) is 0 Å². The fourth-order valence-electron chi connectivity index (χ4n) is 5.85. The largest absolute Gasteiger partial charge is 0.394 e. The monoisotopic (exact) mass is 593 g/mol. The summed E-state index contributed by atoms with van der Waals surface area (Å²) in [4.78, 5) is 18.5. The fourth-order valence-corrected chi connectivity index (χ4v) is 6.17. The minimum Gasteiger partial charge on any atom is -0.394 e. The molecule has 1 amide bonds. The zero-order chi connectivity index (χ0) is 29.3. The van der Waals surface area contributed by atoms with Crippen molar-refractivity contribution in [3.63, 3.8) is 0 Å². The molecule has 0 saturated carbocycles. The third kappa shape index (κ3) is 6.04. The van der Waals surface area contributed by atoms with Gasteiger partial charge in [-0.1, -0.05) is 78.7 Å². The Bertz CT molecular complexity index is 1550. The Labute approximate surface area is 252 Å². The second-order valence-electron chi connectivity index (χ2n) is 11.2. The van der Waals surface area contributed by atoms with Gasteiger partial charge in [0.05, 0.1) is 35.4 Å². The number of aliphatic hydroxyl groups excluding tert-OH is 1. The molecule has 5 rings (SSSR count). The summed E-state index contributed by atoms with van der Waals surface area (Å²) in [5.41, 5.74) is 5.61. The standard InChI is InChI=1S/C33H37Cl2N3O3/c1-21-16-38(22(2)19-39)33(40)32-31(26-11-7-8-12-29(26)37(32)4)25-10-6-5-9-24(25)20-41-30(21)18-36(3)17-23-13-14-27(34)28(35)15-23/h5-15,21-22,30,39H,16-20H2,1-4H3/t21-,22+,30+/m1/s1. The van der Waals surface area contributed by atoms with E-state index in [1.807, 2.05) is 72.0 Å². The Kier molecular flexibility index (Phi) is 9.07. The third-order valence-electron chi connectivity index (χ3n) is 8.15. The van der Waals surface area contributed by atoms with Gasteiger partial charge in [-0.15, -0.1) is 0 Å². The van der Waals surface area contributed by atoms with Crippen molar-refractivity contribution in [3.05, 3.63) is 93.6 Å². The summed E-state index contributed by atoms with van der Waals surface area (Å²) >= 11 is 12.4. The molecule has 4 aromatic rings. The molecule has 0 saturated heterocycles. The molecule has 0 unspecified atom stereocenters. The van der Waals surface area contributed by atoms with E-state index < -0.39 is 0 Å². The number of ether oxygens (including phenoxy) is 1. The lowest BCUT2D eigenvalue weighted by molar-refractivity contribution is -0.0242. The Hall–Kier alpha value is -2.87. The minimum absolute atomic E-state index is 0.00685. The molecule has 1 aliphatic heterocycles. The second-order valence-corrected chi connectivity index (χ2v) is 12.0. The van der Waals surface area contributed by atoms with E-state index >= 15 is 0 Å². The van der Waals surface area contributed by atoms with Gasteiger partial charge in [-0.25, -0.2) is 0 Å². The normalized spacial score (nSPS) is 18.7. The number of hydrogen-bond acceptors (Lipinski definition) is 4. The molecule has 41 heavy (non-hydrogen) atoms. The predicted octanol–water partition coefficient (Wildman–Crippen LogP) is 6.64. The number of nitrogens with zero attached hydrogens (tertiary/aromatic N) is 3. The molecule has 0 radical (unpaired) electrons. The van der Waals surface area contributed by atoms with Crippen LogP contribution in [0.5, 0.6) is 0 Å². The van der Waals surface area contributed by atoms with Crippen molar-refractivity contribution in [1.82, 2.24) is 14.4 Å². The maximum Gasteiger partial charge on any atom is 0.271 e. The molecule has 0 spiro atoms. The van der Waals surface area contributed by atoms with Crippen molar-refractivity contribution in [2.45, 2.75) is 39.1 Å². The van der Waals surface area contributed by atoms with Gasteiger partial charge in [0, 0.05) is 49.1 Å². The number of hydrogen-bond donors (Lipinski definition) is 1. The second kappa shape index (κ2) is 12.6. The number of aromatic nitrogens is 1. The molecule has 0 aliphatic carbocycles. The molecule has 1 aliphatic rings. The van der Waals surface area contributed by atoms with Gasteiger partial charge in [-0.3, -0.25) is 9.69 Å². The number of carbonyl (C=O) groups excluding carboxylic acids is 1. The lowest BCUT2D eigenvalue weighted by Crippen LogP contribution is -2.47. The number of aliphatic hydroxyl groups is 1. The number of fused-ring (bicyclic) bond motifs is 5. The number of rotatable bonds is 6. The molecular weight excluding hydrogens is 557 g/mol. The van der Waals surface area contributed by atoms with E-state index in [2.05, 4.69) is 37.1 Å². The van der Waals surface area contributed by atoms with Gasteiger partial charge >= 0.3 is 0 Å². The highest BCUT2D eigenvalue weighted by Gasteiger charge is 2.33. The highest BCUT2D eigenvalue weighted by atomic mass is 35.5. The Morgan fingerprint density at radius 1 is 1.07 bits per heavy atom. The highest BCUT2D eigenvalue weighted by molar-refractivity contribution is 6.42. The van der Waals surface area contributed by atoms with Crippen LogP contribution < -0.4 is 0 Å². The van der Waals surface area contributed by atoms with Gasteiger partial charge in [0.25, 0.3) is 5.91 Å². The SMILES string of the molecule is C[C@@H]1CN([C@@H](C)CO)C(=O)c2c(c3ccccc3n2C)-c2ccccc2CO[C@H]1CN(C)Cc1ccc(Cl)c(Cl)c1. The van der Waals surface area contributed by atoms with Crippen LogP contribution in [-0.4, -0.2) is 64.3 Å². The van der Waals surface area contributed by atoms with E-state index in [0.29, 0.717) is 42.0 Å². The van der Waals surface area contributed by atoms with Gasteiger partial charge in [-0.05, 0) is 48.9 Å². The van der Waals surface area contributed by atoms with Crippen molar-refractivity contribution >= 4 is 40.0 Å². The summed E-state index contributed by atoms with van der Waals surface area (Å²) in [6, 6.07) is 21.6. The molecule has 1 aromatic heterocycles. The van der Waals surface area contributed by atoms with Gasteiger partial charge in [0.15, 0.2) is 0 Å². The van der Waals surface area contributed by atoms with Gasteiger partial charge < -0.3 is 19.3 Å². The van der Waals surface area contributed by atoms with Crippen molar-refractivity contribution in [2.75, 3.05) is 26.7 Å². The first-order valence-electron chi connectivity index (χ1n) is 14.0. The number of para-hydroxylation sites is 1. The Morgan fingerprint density at radius 2 is 1.80 bits per heavy atom. The van der Waals surface area contributed by atoms with Crippen molar-refractivity contribution in [1.29, 1.82) is 0 Å². The lowest BCUT2D eigenvalue weighted by atomic mass is 9.96. The predicted molar refractivity (Wildman–Crippen MR) is 166 cm³/mol. The first-order valence-corrected chi connectivity index (χ1v) is 14.8. The minimum atomic E-state index is -0.360. The Balaban J connectivity index is 1.55. The maximum atomic E-state index is 14.5. The number of aryl methyl sites for hydroxylation is 1. The maximum absolute atomic E-state index is 14.5. The molecule has 1 N–H and O–H groups in total. The van der Waals surface area contributed by atoms with Crippen LogP contribution in [0.3, 0.4) is 0 Å². The van der Waals surface area contributed by atoms with Gasteiger partial charge in [-0.2, -0.15) is 0 Å². The molecule has 0 fully saturated rings. The van der Waals surface area contributed by atoms with Crippen LogP contribution >= 0.6 is 23.2 Å². The first-order chi connectivity index (χ1) is 19.7. The summed E-state index contributed by atoms with van der Waals surface area (Å²) in [5.74, 6) is -0.0979. The third-order valence-corrected chi connectivity index (χ3v) is 8.89. The van der Waals surface area contributed by atoms with Gasteiger partial charge in [0.2, 0.25) is 0 Å². The zero-order valence-electron chi connectivity index (χ0n) is 24.0. The highest BCUT2D eigenvalue weighted by Crippen LogP contribution is 2.38. The van der Waals surface area contributed by atoms with E-state index in [9.17, 15) is 9.90 Å². The number of likely N-dealkylation sites (N-methyl/N-ethyl adjacent to an activating group) is 1. The van der Waals surface area contributed by atoms with Crippen LogP contribution in [0.1, 0.15) is 35.5 Å². The van der Waals surface area contributed by atoms with Crippen LogP contribution in [0.15, 0.2) is 66.7 Å². The quantitative estimate of drug-likeness (QED) is 0.272. The number of benzene rings is 3. The van der Waals surface area contributed by atoms with Crippen LogP contribution in [0, 0.1) is 5.92 Å². The van der Waals surface area contributed by atoms with Crippen molar-refractivity contribution < 1.29 is 14.6 Å². The summed E-state index contributed by atoms with van der Waals surface area (Å²) in [6.07, 6.45) is -0.171. The van der Waals surface area contributed by atoms with E-state index in [0.717, 1.165) is 33.2 Å². The van der Waals surface area contributed by atoms with Gasteiger partial charge in [0.1, 0.15) is 5.69 Å². The average Bonchev–Trinajstić information content (AvgIpc) is 3.26. The van der Waals surface area contributed by atoms with E-state index in [1.165, 1.54) is 0 Å². The molecule has 6 nitrogen and oxygen atoms in total. The number of amides is 1. The Morgan fingerprint density at radius 3 is 2.56 bits per heavy atom. The number of halogens is 2. The summed E-state index contributed by atoms with van der Waals surface area (Å²) < 4.78 is 8.69. The molecule has 3 atom stereocenters. The van der Waals surface area contributed by atoms with Crippen molar-refractivity contribution in [3.8, 4) is 11.1 Å². The first kappa shape index (κ1) is 29.6. The lowest BCUT2D eigenvalue weighted by Gasteiger charge is -2.35. The summed E-state index contributed by atoms with van der Waals surface area (Å²) in [6.45, 7) is 6.07. The zero-order valence-corrected chi connectivity index (χ0v) is 25.5. The molecular formula is C33H37Cl2N3O3. The number of carbonyl (C=O) groups is 1. The van der Waals surface area contributed by atoms with E-state index in [4.69, 9.17) is 27.9 Å². The van der Waals surface area contributed by atoms with E-state index in [1.54, 1.807) is 0 Å². The summed E-state index contributed by atoms with van der Waals surface area (Å²) in [5, 5.41) is 12.3. The van der Waals surface area contributed by atoms with Crippen molar-refractivity contribution in [2.24, 2.45) is 13.0 Å². The summed E-state index contributed by atoms with van der Waals surface area (Å²) in [7, 11) is 4.00. The molecule has 2 heterocycles. The topological polar surface area (TPSA) is 57.9 Å².